The molecule has 144 valence electrons. The number of carbonyl (C=O) groups is 1. The van der Waals surface area contributed by atoms with Gasteiger partial charge in [-0.3, -0.25) is 9.79 Å². The number of hydrogen-bond donors (Lipinski definition) is 1. The van der Waals surface area contributed by atoms with Gasteiger partial charge in [0, 0.05) is 46.2 Å². The van der Waals surface area contributed by atoms with Crippen molar-refractivity contribution in [1.82, 2.24) is 15.1 Å². The Morgan fingerprint density at radius 3 is 2.73 bits per heavy atom. The number of fused-ring (bicyclic) bond motifs is 1. The van der Waals surface area contributed by atoms with Crippen molar-refractivity contribution in [3.8, 4) is 0 Å². The number of aliphatic imine (C=N–C) groups is 1. The highest BCUT2D eigenvalue weighted by Crippen LogP contribution is 2.19. The van der Waals surface area contributed by atoms with Crippen LogP contribution in [0, 0.1) is 0 Å². The molecule has 0 aromatic heterocycles. The monoisotopic (exact) mass is 358 g/mol. The van der Waals surface area contributed by atoms with E-state index in [-0.39, 0.29) is 5.91 Å². The molecule has 1 heterocycles. The summed E-state index contributed by atoms with van der Waals surface area (Å²) in [4.78, 5) is 21.4. The average Bonchev–Trinajstić information content (AvgIpc) is 2.67. The molecule has 2 rings (SSSR count). The zero-order chi connectivity index (χ0) is 18.8. The Labute approximate surface area is 158 Å². The molecule has 1 aromatic carbocycles. The number of unbranched alkanes of at least 4 members (excludes halogenated alkanes) is 1. The van der Waals surface area contributed by atoms with E-state index in [0.717, 1.165) is 51.4 Å². The van der Waals surface area contributed by atoms with E-state index < -0.39 is 0 Å². The van der Waals surface area contributed by atoms with Crippen LogP contribution in [0.4, 0.5) is 0 Å². The van der Waals surface area contributed by atoms with Crippen molar-refractivity contribution < 1.29 is 4.79 Å². The summed E-state index contributed by atoms with van der Waals surface area (Å²) in [7, 11) is 2.08. The maximum Gasteiger partial charge on any atom is 0.222 e. The fraction of sp³-hybridized carbons (Fsp3) is 0.619. The molecule has 0 saturated heterocycles. The SMILES string of the molecule is CCCCN(C)C(=NCCCC(=O)N1CCc2ccccc2C1)NCC. The second kappa shape index (κ2) is 10.8. The maximum absolute atomic E-state index is 12.5. The van der Waals surface area contributed by atoms with E-state index in [1.807, 2.05) is 4.90 Å². The number of guanidine groups is 1. The van der Waals surface area contributed by atoms with Crippen LogP contribution in [0.3, 0.4) is 0 Å². The first-order valence-electron chi connectivity index (χ1n) is 9.99. The number of nitrogens with zero attached hydrogens (tertiary/aromatic N) is 3. The molecule has 1 amide bonds. The first-order valence-corrected chi connectivity index (χ1v) is 9.99. The van der Waals surface area contributed by atoms with Crippen molar-refractivity contribution in [2.45, 2.75) is 52.5 Å². The first kappa shape index (κ1) is 20.3. The van der Waals surface area contributed by atoms with Crippen LogP contribution < -0.4 is 5.32 Å². The van der Waals surface area contributed by atoms with E-state index in [0.29, 0.717) is 13.0 Å². The van der Waals surface area contributed by atoms with Crippen molar-refractivity contribution in [2.24, 2.45) is 4.99 Å². The Hall–Kier alpha value is -2.04. The molecule has 0 radical (unpaired) electrons. The van der Waals surface area contributed by atoms with E-state index >= 15 is 0 Å². The lowest BCUT2D eigenvalue weighted by Gasteiger charge is -2.29. The van der Waals surface area contributed by atoms with Gasteiger partial charge < -0.3 is 15.1 Å². The fourth-order valence-electron chi connectivity index (χ4n) is 3.25. The van der Waals surface area contributed by atoms with E-state index in [4.69, 9.17) is 0 Å². The van der Waals surface area contributed by atoms with Crippen molar-refractivity contribution in [3.63, 3.8) is 0 Å². The minimum Gasteiger partial charge on any atom is -0.357 e. The summed E-state index contributed by atoms with van der Waals surface area (Å²) >= 11 is 0. The van der Waals surface area contributed by atoms with Gasteiger partial charge in [-0.25, -0.2) is 0 Å². The number of hydrogen-bond acceptors (Lipinski definition) is 2. The molecular formula is C21H34N4O. The highest BCUT2D eigenvalue weighted by molar-refractivity contribution is 5.80. The van der Waals surface area contributed by atoms with Gasteiger partial charge in [-0.05, 0) is 37.3 Å². The van der Waals surface area contributed by atoms with E-state index in [9.17, 15) is 4.79 Å². The standard InChI is InChI=1S/C21H34N4O/c1-4-6-15-24(3)21(22-5-2)23-14-9-12-20(26)25-16-13-18-10-7-8-11-19(18)17-25/h7-8,10-11H,4-6,9,12-17H2,1-3H3,(H,22,23). The van der Waals surface area contributed by atoms with E-state index in [2.05, 4.69) is 60.4 Å². The van der Waals surface area contributed by atoms with E-state index in [1.54, 1.807) is 0 Å². The van der Waals surface area contributed by atoms with Crippen LogP contribution >= 0.6 is 0 Å². The third-order valence-electron chi connectivity index (χ3n) is 4.84. The van der Waals surface area contributed by atoms with Crippen molar-refractivity contribution in [1.29, 1.82) is 0 Å². The van der Waals surface area contributed by atoms with Crippen LogP contribution in [0.25, 0.3) is 0 Å². The maximum atomic E-state index is 12.5. The Morgan fingerprint density at radius 2 is 2.00 bits per heavy atom. The molecule has 26 heavy (non-hydrogen) atoms. The lowest BCUT2D eigenvalue weighted by molar-refractivity contribution is -0.132. The lowest BCUT2D eigenvalue weighted by Crippen LogP contribution is -2.39. The summed E-state index contributed by atoms with van der Waals surface area (Å²) < 4.78 is 0. The second-order valence-electron chi connectivity index (χ2n) is 6.95. The molecule has 0 unspecified atom stereocenters. The molecule has 1 N–H and O–H groups in total. The van der Waals surface area contributed by atoms with Crippen molar-refractivity contribution in [3.05, 3.63) is 35.4 Å². The van der Waals surface area contributed by atoms with Gasteiger partial charge in [-0.2, -0.15) is 0 Å². The summed E-state index contributed by atoms with van der Waals surface area (Å²) in [6.45, 7) is 8.43. The van der Waals surface area contributed by atoms with Crippen LogP contribution in [0.2, 0.25) is 0 Å². The molecule has 0 fully saturated rings. The minimum atomic E-state index is 0.249. The molecule has 0 atom stereocenters. The second-order valence-corrected chi connectivity index (χ2v) is 6.95. The molecule has 1 aliphatic rings. The summed E-state index contributed by atoms with van der Waals surface area (Å²) in [5, 5.41) is 3.33. The van der Waals surface area contributed by atoms with Gasteiger partial charge in [-0.15, -0.1) is 0 Å². The molecule has 0 saturated carbocycles. The summed E-state index contributed by atoms with van der Waals surface area (Å²) in [5.41, 5.74) is 2.67. The summed E-state index contributed by atoms with van der Waals surface area (Å²) in [5.74, 6) is 1.19. The summed E-state index contributed by atoms with van der Waals surface area (Å²) in [6.07, 6.45) is 4.68. The average molecular weight is 359 g/mol. The van der Waals surface area contributed by atoms with Crippen LogP contribution in [0.5, 0.6) is 0 Å². The van der Waals surface area contributed by atoms with Crippen LogP contribution in [-0.2, 0) is 17.8 Å². The van der Waals surface area contributed by atoms with Gasteiger partial charge in [0.25, 0.3) is 0 Å². The Kier molecular flexibility index (Phi) is 8.45. The largest absolute Gasteiger partial charge is 0.357 e. The fourth-order valence-corrected chi connectivity index (χ4v) is 3.25. The topological polar surface area (TPSA) is 47.9 Å². The Bertz CT molecular complexity index is 599. The molecule has 5 nitrogen and oxygen atoms in total. The van der Waals surface area contributed by atoms with Crippen molar-refractivity contribution >= 4 is 11.9 Å². The smallest absolute Gasteiger partial charge is 0.222 e. The molecule has 0 bridgehead atoms. The first-order chi connectivity index (χ1) is 12.7. The predicted molar refractivity (Wildman–Crippen MR) is 108 cm³/mol. The molecule has 5 heteroatoms. The predicted octanol–water partition coefficient (Wildman–Crippen LogP) is 3.05. The zero-order valence-electron chi connectivity index (χ0n) is 16.6. The van der Waals surface area contributed by atoms with Gasteiger partial charge in [0.15, 0.2) is 5.96 Å². The summed E-state index contributed by atoms with van der Waals surface area (Å²) in [6, 6.07) is 8.43. The Morgan fingerprint density at radius 1 is 1.23 bits per heavy atom. The normalized spacial score (nSPS) is 14.1. The van der Waals surface area contributed by atoms with Gasteiger partial charge in [0.05, 0.1) is 0 Å². The number of rotatable bonds is 8. The lowest BCUT2D eigenvalue weighted by atomic mass is 9.99. The van der Waals surface area contributed by atoms with Gasteiger partial charge in [-0.1, -0.05) is 37.6 Å². The number of benzene rings is 1. The highest BCUT2D eigenvalue weighted by Gasteiger charge is 2.19. The molecule has 1 aromatic rings. The minimum absolute atomic E-state index is 0.249. The van der Waals surface area contributed by atoms with Gasteiger partial charge in [0.2, 0.25) is 5.91 Å². The number of amides is 1. The molecular weight excluding hydrogens is 324 g/mol. The van der Waals surface area contributed by atoms with Crippen LogP contribution in [0.1, 0.15) is 50.7 Å². The third-order valence-corrected chi connectivity index (χ3v) is 4.84. The van der Waals surface area contributed by atoms with E-state index in [1.165, 1.54) is 17.5 Å². The highest BCUT2D eigenvalue weighted by atomic mass is 16.2. The van der Waals surface area contributed by atoms with Gasteiger partial charge >= 0.3 is 0 Å². The zero-order valence-corrected chi connectivity index (χ0v) is 16.6. The quantitative estimate of drug-likeness (QED) is 0.441. The van der Waals surface area contributed by atoms with Gasteiger partial charge in [0.1, 0.15) is 0 Å². The third kappa shape index (κ3) is 6.04. The van der Waals surface area contributed by atoms with Crippen molar-refractivity contribution in [2.75, 3.05) is 33.2 Å². The van der Waals surface area contributed by atoms with Crippen LogP contribution in [-0.4, -0.2) is 54.9 Å². The number of carbonyl (C=O) groups excluding carboxylic acids is 1. The van der Waals surface area contributed by atoms with Crippen LogP contribution in [0.15, 0.2) is 29.3 Å². The Balaban J connectivity index is 1.78. The number of nitrogens with one attached hydrogen (secondary N) is 1. The molecule has 0 spiro atoms. The molecule has 1 aliphatic heterocycles. The molecule has 0 aliphatic carbocycles.